The van der Waals surface area contributed by atoms with Gasteiger partial charge in [-0.05, 0) is 40.6 Å². The average molecular weight is 318 g/mol. The molecule has 1 N–H and O–H groups in total. The predicted octanol–water partition coefficient (Wildman–Crippen LogP) is 4.74. The van der Waals surface area contributed by atoms with Crippen molar-refractivity contribution in [1.82, 2.24) is 0 Å². The van der Waals surface area contributed by atoms with Crippen LogP contribution in [0.15, 0.2) is 58.8 Å². The predicted molar refractivity (Wildman–Crippen MR) is 88.7 cm³/mol. The minimum absolute atomic E-state index is 0.238. The molecular weight excluding hydrogens is 303 g/mol. The Hall–Kier alpha value is -1.36. The molecule has 1 unspecified atom stereocenters. The van der Waals surface area contributed by atoms with E-state index in [1.165, 1.54) is 39.5 Å². The van der Waals surface area contributed by atoms with E-state index in [9.17, 15) is 9.50 Å². The number of hydrogen-bond acceptors (Lipinski definition) is 3. The van der Waals surface area contributed by atoms with Crippen molar-refractivity contribution in [3.8, 4) is 0 Å². The number of aliphatic hydroxyl groups excluding tert-OH is 1. The van der Waals surface area contributed by atoms with Crippen molar-refractivity contribution in [1.29, 1.82) is 0 Å². The number of halogens is 1. The number of thioether (sulfide) groups is 1. The fraction of sp³-hybridized carbons (Fsp3) is 0.176. The molecule has 0 amide bonds. The van der Waals surface area contributed by atoms with Gasteiger partial charge >= 0.3 is 0 Å². The van der Waals surface area contributed by atoms with Crippen molar-refractivity contribution in [2.45, 2.75) is 17.4 Å². The molecule has 0 saturated carbocycles. The number of aliphatic hydroxyl groups is 1. The third-order valence-corrected chi connectivity index (χ3v) is 5.41. The minimum Gasteiger partial charge on any atom is -0.392 e. The molecule has 0 bridgehead atoms. The van der Waals surface area contributed by atoms with E-state index in [0.717, 1.165) is 4.90 Å². The molecule has 0 fully saturated rings. The number of fused-ring (bicyclic) bond motifs is 1. The maximum absolute atomic E-state index is 13.1. The Morgan fingerprint density at radius 1 is 1.14 bits per heavy atom. The zero-order chi connectivity index (χ0) is 14.7. The second kappa shape index (κ2) is 6.60. The van der Waals surface area contributed by atoms with Crippen LogP contribution in [0, 0.1) is 5.82 Å². The first-order chi connectivity index (χ1) is 10.2. The largest absolute Gasteiger partial charge is 0.392 e. The van der Waals surface area contributed by atoms with Crippen molar-refractivity contribution < 1.29 is 9.50 Å². The highest BCUT2D eigenvalue weighted by Crippen LogP contribution is 2.27. The molecular formula is C17H15FOS2. The number of thiophene rings is 1. The van der Waals surface area contributed by atoms with Crippen molar-refractivity contribution in [3.63, 3.8) is 0 Å². The summed E-state index contributed by atoms with van der Waals surface area (Å²) in [4.78, 5) is 0.851. The summed E-state index contributed by atoms with van der Waals surface area (Å²) in [5.74, 6) is 0.325. The molecule has 1 nitrogen and oxygen atoms in total. The number of hydrogen-bond donors (Lipinski definition) is 1. The first kappa shape index (κ1) is 14.6. The molecule has 2 aromatic carbocycles. The molecule has 1 heterocycles. The van der Waals surface area contributed by atoms with Crippen LogP contribution in [0.2, 0.25) is 0 Å². The minimum atomic E-state index is -0.434. The van der Waals surface area contributed by atoms with Crippen LogP contribution in [0.1, 0.15) is 5.56 Å². The monoisotopic (exact) mass is 318 g/mol. The molecule has 0 aliphatic heterocycles. The number of benzene rings is 2. The van der Waals surface area contributed by atoms with E-state index >= 15 is 0 Å². The Morgan fingerprint density at radius 3 is 2.86 bits per heavy atom. The molecule has 4 heteroatoms. The molecule has 0 spiro atoms. The van der Waals surface area contributed by atoms with Gasteiger partial charge in [-0.3, -0.25) is 0 Å². The summed E-state index contributed by atoms with van der Waals surface area (Å²) in [7, 11) is 0. The van der Waals surface area contributed by atoms with Gasteiger partial charge in [0.1, 0.15) is 5.82 Å². The lowest BCUT2D eigenvalue weighted by Gasteiger charge is -2.10. The normalized spacial score (nSPS) is 12.7. The number of rotatable bonds is 5. The fourth-order valence-corrected chi connectivity index (χ4v) is 4.10. The van der Waals surface area contributed by atoms with Gasteiger partial charge < -0.3 is 5.11 Å². The van der Waals surface area contributed by atoms with Gasteiger partial charge in [0.15, 0.2) is 0 Å². The molecule has 0 radical (unpaired) electrons. The molecule has 1 atom stereocenters. The van der Waals surface area contributed by atoms with Gasteiger partial charge in [-0.25, -0.2) is 4.39 Å². The zero-order valence-electron chi connectivity index (χ0n) is 11.3. The molecule has 21 heavy (non-hydrogen) atoms. The molecule has 108 valence electrons. The van der Waals surface area contributed by atoms with Gasteiger partial charge in [-0.15, -0.1) is 23.1 Å². The molecule has 0 aliphatic carbocycles. The Balaban J connectivity index is 1.62. The summed E-state index contributed by atoms with van der Waals surface area (Å²) in [5, 5.41) is 13.5. The van der Waals surface area contributed by atoms with Crippen LogP contribution in [-0.4, -0.2) is 17.0 Å². The topological polar surface area (TPSA) is 20.2 Å². The highest BCUT2D eigenvalue weighted by Gasteiger charge is 2.10. The maximum Gasteiger partial charge on any atom is 0.124 e. The van der Waals surface area contributed by atoms with Gasteiger partial charge in [-0.1, -0.05) is 24.3 Å². The lowest BCUT2D eigenvalue weighted by Crippen LogP contribution is -2.13. The van der Waals surface area contributed by atoms with E-state index in [0.29, 0.717) is 12.2 Å². The maximum atomic E-state index is 13.1. The van der Waals surface area contributed by atoms with E-state index in [1.807, 2.05) is 18.2 Å². The fourth-order valence-electron chi connectivity index (χ4n) is 2.25. The van der Waals surface area contributed by atoms with Crippen LogP contribution in [0.5, 0.6) is 0 Å². The third kappa shape index (κ3) is 3.64. The highest BCUT2D eigenvalue weighted by molar-refractivity contribution is 7.99. The second-order valence-corrected chi connectivity index (χ2v) is 6.89. The van der Waals surface area contributed by atoms with E-state index in [4.69, 9.17) is 0 Å². The van der Waals surface area contributed by atoms with Crippen LogP contribution >= 0.6 is 23.1 Å². The average Bonchev–Trinajstić information content (AvgIpc) is 2.89. The summed E-state index contributed by atoms with van der Waals surface area (Å²) in [6.45, 7) is 0. The summed E-state index contributed by atoms with van der Waals surface area (Å²) in [6.07, 6.45) is 0.197. The van der Waals surface area contributed by atoms with E-state index in [2.05, 4.69) is 17.5 Å². The quantitative estimate of drug-likeness (QED) is 0.686. The van der Waals surface area contributed by atoms with Gasteiger partial charge in [0, 0.05) is 21.8 Å². The Kier molecular flexibility index (Phi) is 4.58. The van der Waals surface area contributed by atoms with Gasteiger partial charge in [0.25, 0.3) is 0 Å². The van der Waals surface area contributed by atoms with Gasteiger partial charge in [0.2, 0.25) is 0 Å². The first-order valence-corrected chi connectivity index (χ1v) is 8.60. The van der Waals surface area contributed by atoms with Crippen LogP contribution in [-0.2, 0) is 6.42 Å². The lowest BCUT2D eigenvalue weighted by atomic mass is 10.1. The Labute approximate surface area is 131 Å². The van der Waals surface area contributed by atoms with Gasteiger partial charge in [0.05, 0.1) is 6.10 Å². The lowest BCUT2D eigenvalue weighted by molar-refractivity contribution is 0.200. The summed E-state index contributed by atoms with van der Waals surface area (Å²) < 4.78 is 14.3. The van der Waals surface area contributed by atoms with Crippen LogP contribution < -0.4 is 0 Å². The molecule has 0 saturated heterocycles. The Bertz CT molecular complexity index is 738. The SMILES string of the molecule is OC(CSc1cccc(F)c1)Cc1csc2ccccc12. The first-order valence-electron chi connectivity index (χ1n) is 6.74. The standard InChI is InChI=1S/C17H15FOS2/c18-13-4-3-5-15(9-13)20-11-14(19)8-12-10-21-17-7-2-1-6-16(12)17/h1-7,9-10,14,19H,8,11H2. The van der Waals surface area contributed by atoms with Crippen molar-refractivity contribution in [3.05, 3.63) is 65.3 Å². The molecule has 3 aromatic rings. The second-order valence-electron chi connectivity index (χ2n) is 4.88. The van der Waals surface area contributed by atoms with E-state index in [1.54, 1.807) is 17.4 Å². The molecule has 3 rings (SSSR count). The third-order valence-electron chi connectivity index (χ3n) is 3.26. The van der Waals surface area contributed by atoms with Crippen LogP contribution in [0.25, 0.3) is 10.1 Å². The summed E-state index contributed by atoms with van der Waals surface area (Å²) in [6, 6.07) is 14.7. The highest BCUT2D eigenvalue weighted by atomic mass is 32.2. The van der Waals surface area contributed by atoms with Crippen molar-refractivity contribution in [2.24, 2.45) is 0 Å². The van der Waals surface area contributed by atoms with Crippen molar-refractivity contribution >= 4 is 33.2 Å². The van der Waals surface area contributed by atoms with Crippen molar-refractivity contribution in [2.75, 3.05) is 5.75 Å². The molecule has 1 aromatic heterocycles. The molecule has 0 aliphatic rings. The zero-order valence-corrected chi connectivity index (χ0v) is 13.0. The summed E-state index contributed by atoms with van der Waals surface area (Å²) >= 11 is 3.19. The summed E-state index contributed by atoms with van der Waals surface area (Å²) in [5.41, 5.74) is 1.18. The van der Waals surface area contributed by atoms with E-state index < -0.39 is 6.10 Å². The Morgan fingerprint density at radius 2 is 2.00 bits per heavy atom. The van der Waals surface area contributed by atoms with Crippen LogP contribution in [0.3, 0.4) is 0 Å². The van der Waals surface area contributed by atoms with E-state index in [-0.39, 0.29) is 5.82 Å². The smallest absolute Gasteiger partial charge is 0.124 e. The van der Waals surface area contributed by atoms with Gasteiger partial charge in [-0.2, -0.15) is 0 Å². The van der Waals surface area contributed by atoms with Crippen LogP contribution in [0.4, 0.5) is 4.39 Å².